The van der Waals surface area contributed by atoms with Crippen LogP contribution in [0.5, 0.6) is 0 Å². The number of carbonyl (C=O) groups is 1. The molecule has 5 atom stereocenters. The lowest BCUT2D eigenvalue weighted by Crippen LogP contribution is -2.41. The largest absolute Gasteiger partial charge is 0.378 e. The Labute approximate surface area is 182 Å². The van der Waals surface area contributed by atoms with Gasteiger partial charge in [-0.2, -0.15) is 0 Å². The molecule has 0 spiro atoms. The van der Waals surface area contributed by atoms with E-state index < -0.39 is 0 Å². The molecule has 0 saturated heterocycles. The minimum absolute atomic E-state index is 0.0366. The SMILES string of the molecule is CC(=O)Nc1ccc2c(c1)C1CCC3CCCC3C1C(c1c(Cl)cccc1Cl)N2. The Morgan fingerprint density at radius 3 is 2.62 bits per heavy atom. The highest BCUT2D eigenvalue weighted by Crippen LogP contribution is 2.60. The summed E-state index contributed by atoms with van der Waals surface area (Å²) >= 11 is 13.3. The van der Waals surface area contributed by atoms with E-state index in [0.717, 1.165) is 32.9 Å². The van der Waals surface area contributed by atoms with Gasteiger partial charge in [-0.25, -0.2) is 0 Å². The predicted molar refractivity (Wildman–Crippen MR) is 120 cm³/mol. The summed E-state index contributed by atoms with van der Waals surface area (Å²) in [6.45, 7) is 1.56. The highest BCUT2D eigenvalue weighted by Gasteiger charge is 2.49. The molecule has 5 heteroatoms. The van der Waals surface area contributed by atoms with E-state index in [1.165, 1.54) is 37.7 Å². The van der Waals surface area contributed by atoms with Gasteiger partial charge in [-0.3, -0.25) is 4.79 Å². The number of carbonyl (C=O) groups excluding carboxylic acids is 1. The smallest absolute Gasteiger partial charge is 0.221 e. The number of benzene rings is 2. The summed E-state index contributed by atoms with van der Waals surface area (Å²) in [4.78, 5) is 11.6. The number of nitrogens with one attached hydrogen (secondary N) is 2. The minimum Gasteiger partial charge on any atom is -0.378 e. The van der Waals surface area contributed by atoms with Gasteiger partial charge in [0.2, 0.25) is 5.91 Å². The number of hydrogen-bond donors (Lipinski definition) is 2. The fourth-order valence-corrected chi connectivity index (χ4v) is 6.91. The summed E-state index contributed by atoms with van der Waals surface area (Å²) in [5.74, 6) is 2.38. The van der Waals surface area contributed by atoms with Crippen molar-refractivity contribution in [3.63, 3.8) is 0 Å². The lowest BCUT2D eigenvalue weighted by Gasteiger charge is -2.49. The number of halogens is 2. The molecule has 2 saturated carbocycles. The third-order valence-electron chi connectivity index (χ3n) is 7.30. The maximum absolute atomic E-state index is 11.6. The molecular weight excluding hydrogens is 403 g/mol. The van der Waals surface area contributed by atoms with Crippen LogP contribution in [0.2, 0.25) is 10.0 Å². The highest BCUT2D eigenvalue weighted by molar-refractivity contribution is 6.36. The first-order valence-electron chi connectivity index (χ1n) is 10.6. The Morgan fingerprint density at radius 2 is 1.86 bits per heavy atom. The van der Waals surface area contributed by atoms with Crippen LogP contribution < -0.4 is 10.6 Å². The molecule has 1 amide bonds. The van der Waals surface area contributed by atoms with Crippen LogP contribution in [0.15, 0.2) is 36.4 Å². The molecule has 2 fully saturated rings. The van der Waals surface area contributed by atoms with E-state index >= 15 is 0 Å². The zero-order chi connectivity index (χ0) is 20.1. The van der Waals surface area contributed by atoms with Gasteiger partial charge in [0, 0.05) is 33.9 Å². The zero-order valence-electron chi connectivity index (χ0n) is 16.6. The summed E-state index contributed by atoms with van der Waals surface area (Å²) in [7, 11) is 0. The van der Waals surface area contributed by atoms with Crippen LogP contribution in [0.3, 0.4) is 0 Å². The Balaban J connectivity index is 1.63. The van der Waals surface area contributed by atoms with Crippen molar-refractivity contribution in [1.29, 1.82) is 0 Å². The second kappa shape index (κ2) is 7.52. The average molecular weight is 429 g/mol. The molecule has 0 radical (unpaired) electrons. The van der Waals surface area contributed by atoms with Gasteiger partial charge in [0.05, 0.1) is 6.04 Å². The van der Waals surface area contributed by atoms with Gasteiger partial charge < -0.3 is 10.6 Å². The van der Waals surface area contributed by atoms with Crippen molar-refractivity contribution in [3.8, 4) is 0 Å². The third kappa shape index (κ3) is 3.33. The number of hydrogen-bond acceptors (Lipinski definition) is 2. The second-order valence-corrected chi connectivity index (χ2v) is 9.67. The molecule has 1 aliphatic heterocycles. The monoisotopic (exact) mass is 428 g/mol. The van der Waals surface area contributed by atoms with Gasteiger partial charge in [0.1, 0.15) is 0 Å². The zero-order valence-corrected chi connectivity index (χ0v) is 18.1. The van der Waals surface area contributed by atoms with Crippen molar-refractivity contribution < 1.29 is 4.79 Å². The van der Waals surface area contributed by atoms with E-state index in [2.05, 4.69) is 22.8 Å². The highest BCUT2D eigenvalue weighted by atomic mass is 35.5. The van der Waals surface area contributed by atoms with E-state index in [0.29, 0.717) is 17.8 Å². The molecule has 3 nitrogen and oxygen atoms in total. The van der Waals surface area contributed by atoms with Gasteiger partial charge in [-0.05, 0) is 78.8 Å². The number of amides is 1. The molecule has 0 bridgehead atoms. The summed E-state index contributed by atoms with van der Waals surface area (Å²) in [5.41, 5.74) is 4.37. The lowest BCUT2D eigenvalue weighted by atomic mass is 9.60. The Hall–Kier alpha value is -1.71. The van der Waals surface area contributed by atoms with Gasteiger partial charge in [0.15, 0.2) is 0 Å². The molecular formula is C24H26Cl2N2O. The maximum atomic E-state index is 11.6. The number of fused-ring (bicyclic) bond motifs is 5. The second-order valence-electron chi connectivity index (χ2n) is 8.86. The Kier molecular flexibility index (Phi) is 4.99. The first-order valence-corrected chi connectivity index (χ1v) is 11.4. The maximum Gasteiger partial charge on any atom is 0.221 e. The van der Waals surface area contributed by atoms with Crippen LogP contribution >= 0.6 is 23.2 Å². The van der Waals surface area contributed by atoms with Crippen LogP contribution in [-0.2, 0) is 4.79 Å². The molecule has 152 valence electrons. The minimum atomic E-state index is -0.0366. The van der Waals surface area contributed by atoms with Crippen molar-refractivity contribution in [2.24, 2.45) is 17.8 Å². The summed E-state index contributed by atoms with van der Waals surface area (Å²) in [6, 6.07) is 12.2. The van der Waals surface area contributed by atoms with E-state index in [9.17, 15) is 4.79 Å². The van der Waals surface area contributed by atoms with Gasteiger partial charge in [0.25, 0.3) is 0 Å². The van der Waals surface area contributed by atoms with Crippen molar-refractivity contribution in [1.82, 2.24) is 0 Å². The van der Waals surface area contributed by atoms with Crippen molar-refractivity contribution in [2.75, 3.05) is 10.6 Å². The molecule has 5 unspecified atom stereocenters. The van der Waals surface area contributed by atoms with Crippen molar-refractivity contribution in [3.05, 3.63) is 57.6 Å². The molecule has 2 aliphatic carbocycles. The molecule has 3 aliphatic rings. The standard InChI is InChI=1S/C24H26Cl2N2O/c1-13(29)27-15-9-11-21-18(12-15)17-10-8-14-4-2-5-16(14)22(17)24(28-21)23-19(25)6-3-7-20(23)26/h3,6-7,9,11-12,14,16-17,22,24,28H,2,4-5,8,10H2,1H3,(H,27,29). The van der Waals surface area contributed by atoms with Crippen LogP contribution in [0.1, 0.15) is 62.1 Å². The Bertz CT molecular complexity index is 940. The van der Waals surface area contributed by atoms with Crippen molar-refractivity contribution >= 4 is 40.5 Å². The van der Waals surface area contributed by atoms with Crippen LogP contribution in [0, 0.1) is 17.8 Å². The topological polar surface area (TPSA) is 41.1 Å². The van der Waals surface area contributed by atoms with Crippen LogP contribution in [0.25, 0.3) is 0 Å². The molecule has 29 heavy (non-hydrogen) atoms. The average Bonchev–Trinajstić information content (AvgIpc) is 3.16. The number of anilines is 2. The summed E-state index contributed by atoms with van der Waals surface area (Å²) in [5, 5.41) is 8.24. The summed E-state index contributed by atoms with van der Waals surface area (Å²) in [6.07, 6.45) is 6.42. The quantitative estimate of drug-likeness (QED) is 0.538. The first-order chi connectivity index (χ1) is 14.0. The van der Waals surface area contributed by atoms with Gasteiger partial charge >= 0.3 is 0 Å². The Morgan fingerprint density at radius 1 is 1.07 bits per heavy atom. The fourth-order valence-electron chi connectivity index (χ4n) is 6.28. The fraction of sp³-hybridized carbons (Fsp3) is 0.458. The molecule has 5 rings (SSSR count). The van der Waals surface area contributed by atoms with Crippen LogP contribution in [0.4, 0.5) is 11.4 Å². The number of rotatable bonds is 2. The van der Waals surface area contributed by atoms with E-state index in [1.54, 1.807) is 6.92 Å². The van der Waals surface area contributed by atoms with Gasteiger partial charge in [-0.15, -0.1) is 0 Å². The normalized spacial score (nSPS) is 30.0. The van der Waals surface area contributed by atoms with E-state index in [4.69, 9.17) is 23.2 Å². The molecule has 0 aromatic heterocycles. The van der Waals surface area contributed by atoms with Gasteiger partial charge in [-0.1, -0.05) is 42.1 Å². The molecule has 2 aromatic carbocycles. The predicted octanol–water partition coefficient (Wildman–Crippen LogP) is 7.03. The third-order valence-corrected chi connectivity index (χ3v) is 7.96. The first kappa shape index (κ1) is 19.3. The molecule has 2 N–H and O–H groups in total. The summed E-state index contributed by atoms with van der Waals surface area (Å²) < 4.78 is 0. The van der Waals surface area contributed by atoms with Crippen molar-refractivity contribution in [2.45, 2.75) is 51.0 Å². The lowest BCUT2D eigenvalue weighted by molar-refractivity contribution is -0.114. The van der Waals surface area contributed by atoms with E-state index in [-0.39, 0.29) is 11.9 Å². The van der Waals surface area contributed by atoms with E-state index in [1.807, 2.05) is 24.3 Å². The van der Waals surface area contributed by atoms with Crippen LogP contribution in [-0.4, -0.2) is 5.91 Å². The molecule has 2 aromatic rings. The molecule has 1 heterocycles.